The van der Waals surface area contributed by atoms with Gasteiger partial charge in [0.2, 0.25) is 0 Å². The normalized spacial score (nSPS) is 17.9. The van der Waals surface area contributed by atoms with Gasteiger partial charge in [-0.15, -0.1) is 24.0 Å². The summed E-state index contributed by atoms with van der Waals surface area (Å²) in [6.07, 6.45) is 2.83. The summed E-state index contributed by atoms with van der Waals surface area (Å²) in [5.74, 6) is 1.34. The maximum absolute atomic E-state index is 11.8. The van der Waals surface area contributed by atoms with Gasteiger partial charge >= 0.3 is 6.09 Å². The van der Waals surface area contributed by atoms with Crippen molar-refractivity contribution in [1.29, 1.82) is 0 Å². The zero-order chi connectivity index (χ0) is 19.2. The van der Waals surface area contributed by atoms with E-state index in [-0.39, 0.29) is 24.0 Å². The second-order valence-electron chi connectivity index (χ2n) is 8.01. The second-order valence-corrected chi connectivity index (χ2v) is 8.01. The van der Waals surface area contributed by atoms with Crippen LogP contribution in [0.5, 0.6) is 0 Å². The summed E-state index contributed by atoms with van der Waals surface area (Å²) in [5.41, 5.74) is 7.48. The Labute approximate surface area is 179 Å². The zero-order valence-electron chi connectivity index (χ0n) is 16.8. The Morgan fingerprint density at radius 1 is 1.33 bits per heavy atom. The molecule has 0 bridgehead atoms. The number of nitrogens with zero attached hydrogens (tertiary/aromatic N) is 2. The highest BCUT2D eigenvalue weighted by atomic mass is 127. The number of aliphatic imine (C=N–C) groups is 1. The van der Waals surface area contributed by atoms with Crippen molar-refractivity contribution in [2.75, 3.05) is 25.0 Å². The number of carbonyl (C=O) groups is 1. The van der Waals surface area contributed by atoms with Gasteiger partial charge in [-0.3, -0.25) is 10.3 Å². The van der Waals surface area contributed by atoms with Crippen molar-refractivity contribution in [2.24, 2.45) is 16.6 Å². The lowest BCUT2D eigenvalue weighted by molar-refractivity contribution is 0.0636. The molecule has 152 valence electrons. The minimum absolute atomic E-state index is 0. The van der Waals surface area contributed by atoms with Crippen molar-refractivity contribution < 1.29 is 9.53 Å². The molecule has 1 aromatic rings. The summed E-state index contributed by atoms with van der Waals surface area (Å²) in [6.45, 7) is 10.4. The van der Waals surface area contributed by atoms with Gasteiger partial charge in [-0.25, -0.2) is 4.79 Å². The largest absolute Gasteiger partial charge is 0.444 e. The molecule has 1 aromatic carbocycles. The van der Waals surface area contributed by atoms with Crippen LogP contribution >= 0.6 is 24.0 Å². The highest BCUT2D eigenvalue weighted by Gasteiger charge is 2.17. The van der Waals surface area contributed by atoms with E-state index in [1.54, 1.807) is 0 Å². The zero-order valence-corrected chi connectivity index (χ0v) is 19.2. The van der Waals surface area contributed by atoms with Crippen molar-refractivity contribution in [3.05, 3.63) is 29.8 Å². The number of amides is 1. The molecular formula is C20H33IN4O2. The summed E-state index contributed by atoms with van der Waals surface area (Å²) >= 11 is 0. The molecule has 0 saturated carbocycles. The first-order valence-electron chi connectivity index (χ1n) is 9.37. The van der Waals surface area contributed by atoms with Crippen LogP contribution in [0.2, 0.25) is 0 Å². The average molecular weight is 488 g/mol. The number of ether oxygens (including phenoxy) is 1. The number of hydrogen-bond donors (Lipinski definition) is 2. The van der Waals surface area contributed by atoms with E-state index in [9.17, 15) is 4.79 Å². The van der Waals surface area contributed by atoms with Crippen LogP contribution in [0.3, 0.4) is 0 Å². The van der Waals surface area contributed by atoms with E-state index in [1.807, 2.05) is 45.0 Å². The van der Waals surface area contributed by atoms with Crippen molar-refractivity contribution >= 4 is 41.7 Å². The molecule has 2 rings (SSSR count). The van der Waals surface area contributed by atoms with Crippen molar-refractivity contribution in [3.63, 3.8) is 0 Å². The number of carbonyl (C=O) groups excluding carboxylic acids is 1. The van der Waals surface area contributed by atoms with Crippen LogP contribution in [0.15, 0.2) is 29.3 Å². The molecule has 1 saturated heterocycles. The van der Waals surface area contributed by atoms with E-state index in [2.05, 4.69) is 22.1 Å². The van der Waals surface area contributed by atoms with Gasteiger partial charge < -0.3 is 15.4 Å². The molecule has 6 nitrogen and oxygen atoms in total. The van der Waals surface area contributed by atoms with Gasteiger partial charge in [-0.2, -0.15) is 0 Å². The highest BCUT2D eigenvalue weighted by molar-refractivity contribution is 14.0. The SMILES string of the molecule is CC1CCCN(C(N)=NCCc2ccc(NC(=O)OC(C)(C)C)cc2)C1.I. The molecule has 1 aliphatic heterocycles. The fourth-order valence-corrected chi connectivity index (χ4v) is 2.97. The Hall–Kier alpha value is -1.51. The Bertz CT molecular complexity index is 626. The van der Waals surface area contributed by atoms with Crippen LogP contribution in [0, 0.1) is 5.92 Å². The predicted molar refractivity (Wildman–Crippen MR) is 122 cm³/mol. The molecule has 3 N–H and O–H groups in total. The summed E-state index contributed by atoms with van der Waals surface area (Å²) in [4.78, 5) is 18.5. The van der Waals surface area contributed by atoms with Gasteiger partial charge in [0.1, 0.15) is 5.60 Å². The van der Waals surface area contributed by atoms with Crippen LogP contribution in [-0.4, -0.2) is 42.2 Å². The maximum atomic E-state index is 11.8. The first-order chi connectivity index (χ1) is 12.2. The van der Waals surface area contributed by atoms with E-state index in [4.69, 9.17) is 10.5 Å². The fraction of sp³-hybridized carbons (Fsp3) is 0.600. The molecule has 0 aromatic heterocycles. The van der Waals surface area contributed by atoms with Gasteiger partial charge in [0.05, 0.1) is 0 Å². The standard InChI is InChI=1S/C20H32N4O2.HI/c1-15-6-5-13-24(14-15)18(21)22-12-11-16-7-9-17(10-8-16)23-19(25)26-20(2,3)4;/h7-10,15H,5-6,11-14H2,1-4H3,(H2,21,22)(H,23,25);1H. The Balaban J connectivity index is 0.00000364. The molecule has 1 aliphatic rings. The summed E-state index contributed by atoms with van der Waals surface area (Å²) in [5, 5.41) is 2.73. The minimum Gasteiger partial charge on any atom is -0.444 e. The van der Waals surface area contributed by atoms with Crippen LogP contribution in [0.4, 0.5) is 10.5 Å². The first-order valence-corrected chi connectivity index (χ1v) is 9.37. The third-order valence-electron chi connectivity index (χ3n) is 4.25. The molecule has 27 heavy (non-hydrogen) atoms. The summed E-state index contributed by atoms with van der Waals surface area (Å²) in [6, 6.07) is 7.72. The minimum atomic E-state index is -0.506. The van der Waals surface area contributed by atoms with E-state index in [0.717, 1.165) is 25.1 Å². The quantitative estimate of drug-likeness (QED) is 0.378. The average Bonchev–Trinajstić information content (AvgIpc) is 2.54. The second kappa shape index (κ2) is 10.7. The lowest BCUT2D eigenvalue weighted by Crippen LogP contribution is -2.43. The molecule has 1 atom stereocenters. The van der Waals surface area contributed by atoms with Crippen molar-refractivity contribution in [2.45, 2.75) is 52.6 Å². The number of halogens is 1. The van der Waals surface area contributed by atoms with Crippen molar-refractivity contribution in [3.8, 4) is 0 Å². The lowest BCUT2D eigenvalue weighted by Gasteiger charge is -2.31. The number of nitrogens with two attached hydrogens (primary N) is 1. The molecule has 1 unspecified atom stereocenters. The molecule has 1 amide bonds. The molecule has 0 spiro atoms. The first kappa shape index (κ1) is 23.5. The van der Waals surface area contributed by atoms with Gasteiger partial charge in [0.25, 0.3) is 0 Å². The van der Waals surface area contributed by atoms with E-state index in [0.29, 0.717) is 24.1 Å². The van der Waals surface area contributed by atoms with Gasteiger partial charge in [-0.1, -0.05) is 19.1 Å². The third kappa shape index (κ3) is 8.81. The highest BCUT2D eigenvalue weighted by Crippen LogP contribution is 2.15. The van der Waals surface area contributed by atoms with Crippen LogP contribution in [0.25, 0.3) is 0 Å². The third-order valence-corrected chi connectivity index (χ3v) is 4.25. The molecule has 7 heteroatoms. The number of benzene rings is 1. The van der Waals surface area contributed by atoms with Crippen LogP contribution in [0.1, 0.15) is 46.1 Å². The predicted octanol–water partition coefficient (Wildman–Crippen LogP) is 4.24. The Morgan fingerprint density at radius 3 is 2.59 bits per heavy atom. The van der Waals surface area contributed by atoms with Crippen LogP contribution in [-0.2, 0) is 11.2 Å². The maximum Gasteiger partial charge on any atom is 0.412 e. The van der Waals surface area contributed by atoms with Gasteiger partial charge in [-0.05, 0) is 63.6 Å². The number of guanidine groups is 1. The summed E-state index contributed by atoms with van der Waals surface area (Å²) in [7, 11) is 0. The fourth-order valence-electron chi connectivity index (χ4n) is 2.97. The van der Waals surface area contributed by atoms with Crippen molar-refractivity contribution in [1.82, 2.24) is 4.90 Å². The molecular weight excluding hydrogens is 455 g/mol. The molecule has 0 radical (unpaired) electrons. The number of nitrogens with one attached hydrogen (secondary N) is 1. The van der Waals surface area contributed by atoms with Gasteiger partial charge in [0.15, 0.2) is 5.96 Å². The monoisotopic (exact) mass is 488 g/mol. The lowest BCUT2D eigenvalue weighted by atomic mass is 10.0. The molecule has 1 heterocycles. The number of piperidine rings is 1. The Morgan fingerprint density at radius 2 is 2.00 bits per heavy atom. The van der Waals surface area contributed by atoms with E-state index >= 15 is 0 Å². The Kier molecular flexibility index (Phi) is 9.35. The molecule has 0 aliphatic carbocycles. The number of hydrogen-bond acceptors (Lipinski definition) is 3. The summed E-state index contributed by atoms with van der Waals surface area (Å²) < 4.78 is 5.24. The van der Waals surface area contributed by atoms with E-state index < -0.39 is 11.7 Å². The van der Waals surface area contributed by atoms with Gasteiger partial charge in [0, 0.05) is 25.3 Å². The number of likely N-dealkylation sites (tertiary alicyclic amines) is 1. The van der Waals surface area contributed by atoms with E-state index in [1.165, 1.54) is 12.8 Å². The van der Waals surface area contributed by atoms with Crippen LogP contribution < -0.4 is 11.1 Å². The molecule has 1 fully saturated rings. The number of rotatable bonds is 4. The smallest absolute Gasteiger partial charge is 0.412 e. The topological polar surface area (TPSA) is 80.0 Å². The number of anilines is 1.